The third-order valence-corrected chi connectivity index (χ3v) is 15.3. The average Bonchev–Trinajstić information content (AvgIpc) is 3.04. The van der Waals surface area contributed by atoms with Gasteiger partial charge in [0, 0.05) is 31.4 Å². The second-order valence-corrected chi connectivity index (χ2v) is 16.5. The van der Waals surface area contributed by atoms with Crippen molar-refractivity contribution in [1.29, 1.82) is 0 Å². The largest absolute Gasteiger partial charge is 0.309 e. The van der Waals surface area contributed by atoms with Crippen molar-refractivity contribution in [2.45, 2.75) is 4.90 Å². The fourth-order valence-electron chi connectivity index (χ4n) is 5.16. The van der Waals surface area contributed by atoms with Crippen LogP contribution in [0.4, 0.5) is 0 Å². The van der Waals surface area contributed by atoms with E-state index in [0.717, 1.165) is 37.3 Å². The lowest BCUT2D eigenvalue weighted by molar-refractivity contribution is 0.591. The summed E-state index contributed by atoms with van der Waals surface area (Å²) in [6.07, 6.45) is 5.80. The van der Waals surface area contributed by atoms with Gasteiger partial charge >= 0.3 is 0 Å². The predicted octanol–water partition coefficient (Wildman–Crippen LogP) is 7.86. The zero-order valence-corrected chi connectivity index (χ0v) is 24.9. The van der Waals surface area contributed by atoms with Gasteiger partial charge in [0.25, 0.3) is 0 Å². The number of benzene rings is 5. The van der Waals surface area contributed by atoms with Crippen LogP contribution in [0.5, 0.6) is 0 Å². The third kappa shape index (κ3) is 4.96. The molecule has 0 amide bonds. The lowest BCUT2D eigenvalue weighted by atomic mass is 10.1. The van der Waals surface area contributed by atoms with Gasteiger partial charge in [-0.1, -0.05) is 164 Å². The van der Waals surface area contributed by atoms with Crippen molar-refractivity contribution >= 4 is 58.1 Å². The summed E-state index contributed by atoms with van der Waals surface area (Å²) >= 11 is 1.45. The molecule has 0 fully saturated rings. The van der Waals surface area contributed by atoms with Crippen LogP contribution in [-0.2, 0) is 9.13 Å². The number of fused-ring (bicyclic) bond motifs is 1. The fourth-order valence-corrected chi connectivity index (χ4v) is 13.0. The first-order valence-electron chi connectivity index (χ1n) is 13.3. The Hall–Kier alpha value is -3.87. The molecule has 1 heterocycles. The van der Waals surface area contributed by atoms with Crippen LogP contribution >= 0.6 is 26.0 Å². The summed E-state index contributed by atoms with van der Waals surface area (Å²) in [5.41, 5.74) is 1.70. The van der Waals surface area contributed by atoms with Crippen LogP contribution in [0, 0.1) is 0 Å². The van der Waals surface area contributed by atoms with E-state index in [-0.39, 0.29) is 0 Å². The number of thioether (sulfide) groups is 1. The van der Waals surface area contributed by atoms with E-state index in [1.54, 1.807) is 0 Å². The second kappa shape index (κ2) is 11.6. The van der Waals surface area contributed by atoms with E-state index < -0.39 is 14.3 Å². The highest BCUT2D eigenvalue weighted by Gasteiger charge is 2.37. The Morgan fingerprint density at radius 1 is 0.512 bits per heavy atom. The van der Waals surface area contributed by atoms with Gasteiger partial charge < -0.3 is 9.13 Å². The molecule has 0 unspecified atom stereocenters. The summed E-state index contributed by atoms with van der Waals surface area (Å²) in [5, 5.41) is 3.73. The Morgan fingerprint density at radius 3 is 1.41 bits per heavy atom. The maximum atomic E-state index is 15.5. The van der Waals surface area contributed by atoms with Gasteiger partial charge in [0.1, 0.15) is 0 Å². The lowest BCUT2D eigenvalue weighted by Gasteiger charge is -2.28. The molecule has 0 saturated carbocycles. The van der Waals surface area contributed by atoms with Crippen LogP contribution in [0.15, 0.2) is 174 Å². The molecular weight excluding hydrogens is 558 g/mol. The van der Waals surface area contributed by atoms with Gasteiger partial charge in [-0.05, 0) is 23.3 Å². The van der Waals surface area contributed by atoms with E-state index in [9.17, 15) is 0 Å². The van der Waals surface area contributed by atoms with Gasteiger partial charge in [-0.3, -0.25) is 0 Å². The van der Waals surface area contributed by atoms with Gasteiger partial charge in [-0.25, -0.2) is 0 Å². The van der Waals surface area contributed by atoms with Crippen molar-refractivity contribution in [3.05, 3.63) is 175 Å². The Bertz CT molecular complexity index is 1780. The molecule has 0 aliphatic carbocycles. The Balaban J connectivity index is 1.63. The first-order valence-corrected chi connectivity index (χ1v) is 17.6. The smallest absolute Gasteiger partial charge is 0.177 e. The monoisotopic (exact) mass is 586 g/mol. The molecule has 0 radical (unpaired) electrons. The van der Waals surface area contributed by atoms with Crippen LogP contribution < -0.4 is 26.5 Å². The summed E-state index contributed by atoms with van der Waals surface area (Å²) in [6.45, 7) is 4.34. The summed E-state index contributed by atoms with van der Waals surface area (Å²) in [4.78, 5) is 0.816. The van der Waals surface area contributed by atoms with Crippen LogP contribution in [0.2, 0.25) is 0 Å². The lowest BCUT2D eigenvalue weighted by Crippen LogP contribution is -2.27. The Kier molecular flexibility index (Phi) is 7.69. The Labute approximate surface area is 245 Å². The summed E-state index contributed by atoms with van der Waals surface area (Å²) in [7, 11) is -6.61. The van der Waals surface area contributed by atoms with E-state index >= 15 is 9.13 Å². The topological polar surface area (TPSA) is 34.1 Å². The normalized spacial score (nSPS) is 15.6. The minimum absolute atomic E-state index is 0.708. The van der Waals surface area contributed by atoms with Crippen LogP contribution in [0.1, 0.15) is 5.56 Å². The van der Waals surface area contributed by atoms with Crippen LogP contribution in [-0.4, -0.2) is 0 Å². The summed E-state index contributed by atoms with van der Waals surface area (Å²) < 4.78 is 31.7. The van der Waals surface area contributed by atoms with E-state index in [1.165, 1.54) is 11.8 Å². The molecule has 0 saturated heterocycles. The van der Waals surface area contributed by atoms with Crippen molar-refractivity contribution in [3.63, 3.8) is 0 Å². The molecule has 2 nitrogen and oxygen atoms in total. The highest BCUT2D eigenvalue weighted by atomic mass is 32.2. The van der Waals surface area contributed by atoms with Crippen molar-refractivity contribution in [3.8, 4) is 0 Å². The molecule has 1 aliphatic heterocycles. The molecule has 0 spiro atoms. The van der Waals surface area contributed by atoms with Gasteiger partial charge in [-0.2, -0.15) is 0 Å². The van der Waals surface area contributed by atoms with Crippen LogP contribution in [0.25, 0.3) is 5.57 Å². The zero-order valence-electron chi connectivity index (χ0n) is 22.3. The van der Waals surface area contributed by atoms with E-state index in [2.05, 4.69) is 6.58 Å². The van der Waals surface area contributed by atoms with Crippen LogP contribution in [0.3, 0.4) is 0 Å². The van der Waals surface area contributed by atoms with Crippen molar-refractivity contribution in [2.24, 2.45) is 0 Å². The predicted molar refractivity (Wildman–Crippen MR) is 178 cm³/mol. The molecule has 1 aliphatic rings. The molecular formula is C36H28O2P2S. The highest BCUT2D eigenvalue weighted by Crippen LogP contribution is 2.60. The van der Waals surface area contributed by atoms with Crippen molar-refractivity contribution in [2.75, 3.05) is 0 Å². The van der Waals surface area contributed by atoms with E-state index in [0.29, 0.717) is 9.95 Å². The summed E-state index contributed by atoms with van der Waals surface area (Å²) in [5.74, 6) is 0. The minimum atomic E-state index is -3.32. The quantitative estimate of drug-likeness (QED) is 0.190. The molecule has 5 aromatic rings. The molecule has 5 heteroatoms. The Morgan fingerprint density at radius 2 is 0.951 bits per heavy atom. The number of rotatable bonds is 6. The minimum Gasteiger partial charge on any atom is -0.309 e. The number of hydrogen-bond acceptors (Lipinski definition) is 3. The average molecular weight is 587 g/mol. The number of hydrogen-bond donors (Lipinski definition) is 0. The maximum Gasteiger partial charge on any atom is 0.177 e. The van der Waals surface area contributed by atoms with Gasteiger partial charge in [-0.15, -0.1) is 0 Å². The first-order chi connectivity index (χ1) is 20.0. The standard InChI is InChI=1S/C36H28O2P2S/c1-28-16-14-27-35(40(38,31-21-10-4-11-22-31)32-23-12-5-13-24-32)41-36-33(28)25-15-26-34(36)39(37,29-17-6-2-7-18-29)30-19-8-3-9-20-30/h2-27H,1H2/b16-14-,35-27-. The molecule has 0 N–H and O–H groups in total. The molecule has 200 valence electrons. The van der Waals surface area contributed by atoms with E-state index in [4.69, 9.17) is 0 Å². The third-order valence-electron chi connectivity index (χ3n) is 7.21. The van der Waals surface area contributed by atoms with Gasteiger partial charge in [0.2, 0.25) is 0 Å². The molecule has 6 rings (SSSR count). The highest BCUT2D eigenvalue weighted by molar-refractivity contribution is 8.14. The second-order valence-electron chi connectivity index (χ2n) is 9.71. The maximum absolute atomic E-state index is 15.5. The van der Waals surface area contributed by atoms with Crippen molar-refractivity contribution < 1.29 is 9.13 Å². The molecule has 5 aromatic carbocycles. The fraction of sp³-hybridized carbons (Fsp3) is 0. The molecule has 0 aromatic heterocycles. The molecule has 41 heavy (non-hydrogen) atoms. The SMILES string of the molecule is C=C1/C=C\C=C(\P(=O)(c2ccccc2)c2ccccc2)Sc2c1cccc2P(=O)(c1ccccc1)c1ccccc1. The molecule has 0 atom stereocenters. The van der Waals surface area contributed by atoms with Gasteiger partial charge in [0.15, 0.2) is 14.3 Å². The molecule has 0 bridgehead atoms. The van der Waals surface area contributed by atoms with Gasteiger partial charge in [0.05, 0.1) is 4.65 Å². The number of allylic oxidation sites excluding steroid dienone is 4. The van der Waals surface area contributed by atoms with Crippen molar-refractivity contribution in [1.82, 2.24) is 0 Å². The van der Waals surface area contributed by atoms with E-state index in [1.807, 2.05) is 158 Å². The first kappa shape index (κ1) is 27.3. The zero-order chi connectivity index (χ0) is 28.3. The summed E-state index contributed by atoms with van der Waals surface area (Å²) in [6, 6.07) is 44.6.